The number of amides is 2. The Kier molecular flexibility index (Phi) is 4.08. The maximum Gasteiger partial charge on any atom is 0.314 e. The van der Waals surface area contributed by atoms with Crippen molar-refractivity contribution in [3.63, 3.8) is 0 Å². The minimum absolute atomic E-state index is 0.142. The zero-order chi connectivity index (χ0) is 16.4. The van der Waals surface area contributed by atoms with Crippen LogP contribution in [0.2, 0.25) is 5.02 Å². The lowest BCUT2D eigenvalue weighted by molar-refractivity contribution is -0.133. The predicted octanol–water partition coefficient (Wildman–Crippen LogP) is 2.95. The van der Waals surface area contributed by atoms with Crippen LogP contribution >= 0.6 is 11.6 Å². The molecule has 2 aromatic carbocycles. The monoisotopic (exact) mass is 332 g/mol. The topological polar surface area (TPSA) is 76.7 Å². The highest BCUT2D eigenvalue weighted by Gasteiger charge is 2.18. The molecule has 0 fully saturated rings. The van der Waals surface area contributed by atoms with Crippen molar-refractivity contribution in [2.24, 2.45) is 0 Å². The molecule has 3 rings (SSSR count). The molecule has 0 spiro atoms. The largest absolute Gasteiger partial charge is 0.454 e. The molecule has 6 nitrogen and oxygen atoms in total. The molecule has 0 unspecified atom stereocenters. The van der Waals surface area contributed by atoms with Gasteiger partial charge in [0.1, 0.15) is 0 Å². The molecule has 1 aliphatic rings. The number of carbonyl (C=O) groups is 2. The van der Waals surface area contributed by atoms with Crippen molar-refractivity contribution < 1.29 is 19.1 Å². The van der Waals surface area contributed by atoms with E-state index >= 15 is 0 Å². The van der Waals surface area contributed by atoms with Crippen molar-refractivity contribution in [1.29, 1.82) is 0 Å². The Morgan fingerprint density at radius 1 is 1.00 bits per heavy atom. The van der Waals surface area contributed by atoms with Crippen LogP contribution in [0.5, 0.6) is 11.5 Å². The number of hydrogen-bond donors (Lipinski definition) is 2. The summed E-state index contributed by atoms with van der Waals surface area (Å²) in [6.07, 6.45) is 0. The lowest BCUT2D eigenvalue weighted by atomic mass is 10.2. The molecule has 1 heterocycles. The van der Waals surface area contributed by atoms with Crippen LogP contribution in [0.15, 0.2) is 36.4 Å². The van der Waals surface area contributed by atoms with Crippen molar-refractivity contribution in [2.75, 3.05) is 17.4 Å². The summed E-state index contributed by atoms with van der Waals surface area (Å²) >= 11 is 5.86. The first-order chi connectivity index (χ1) is 11.0. The number of nitrogens with one attached hydrogen (secondary N) is 2. The molecule has 2 amide bonds. The van der Waals surface area contributed by atoms with Gasteiger partial charge in [0.05, 0.1) is 0 Å². The van der Waals surface area contributed by atoms with Crippen molar-refractivity contribution in [1.82, 2.24) is 0 Å². The second-order valence-corrected chi connectivity index (χ2v) is 5.37. The second kappa shape index (κ2) is 6.18. The summed E-state index contributed by atoms with van der Waals surface area (Å²) < 4.78 is 10.4. The van der Waals surface area contributed by atoms with Gasteiger partial charge in [0, 0.05) is 22.5 Å². The van der Waals surface area contributed by atoms with E-state index in [0.29, 0.717) is 27.9 Å². The lowest BCUT2D eigenvalue weighted by Gasteiger charge is -2.09. The highest BCUT2D eigenvalue weighted by atomic mass is 35.5. The van der Waals surface area contributed by atoms with Crippen LogP contribution in [-0.4, -0.2) is 18.6 Å². The van der Waals surface area contributed by atoms with E-state index in [2.05, 4.69) is 10.6 Å². The quantitative estimate of drug-likeness (QED) is 0.829. The Labute approximate surface area is 137 Å². The van der Waals surface area contributed by atoms with Crippen molar-refractivity contribution in [3.05, 3.63) is 47.0 Å². The van der Waals surface area contributed by atoms with E-state index in [1.807, 2.05) is 0 Å². The van der Waals surface area contributed by atoms with Gasteiger partial charge in [0.25, 0.3) is 0 Å². The molecular formula is C16H13ClN2O4. The van der Waals surface area contributed by atoms with Crippen molar-refractivity contribution in [2.45, 2.75) is 6.92 Å². The number of ether oxygens (including phenoxy) is 2. The molecule has 0 saturated carbocycles. The first-order valence-electron chi connectivity index (χ1n) is 6.81. The maximum absolute atomic E-state index is 12.0. The molecule has 23 heavy (non-hydrogen) atoms. The van der Waals surface area contributed by atoms with Gasteiger partial charge in [-0.2, -0.15) is 0 Å². The molecule has 0 radical (unpaired) electrons. The standard InChI is InChI=1S/C16H13ClN2O4/c1-9-6-10(17)2-4-12(9)19-16(21)15(20)18-11-3-5-13-14(7-11)23-8-22-13/h2-7H,8H2,1H3,(H,18,20)(H,19,21). The van der Waals surface area contributed by atoms with Gasteiger partial charge in [-0.1, -0.05) is 11.6 Å². The Bertz CT molecular complexity index is 792. The summed E-state index contributed by atoms with van der Waals surface area (Å²) in [7, 11) is 0. The summed E-state index contributed by atoms with van der Waals surface area (Å²) in [4.78, 5) is 23.9. The normalized spacial score (nSPS) is 11.9. The average molecular weight is 333 g/mol. The van der Waals surface area contributed by atoms with E-state index in [0.717, 1.165) is 5.56 Å². The molecule has 2 N–H and O–H groups in total. The number of anilines is 2. The van der Waals surface area contributed by atoms with Gasteiger partial charge < -0.3 is 20.1 Å². The third kappa shape index (κ3) is 3.37. The fourth-order valence-corrected chi connectivity index (χ4v) is 2.34. The van der Waals surface area contributed by atoms with Gasteiger partial charge in [-0.05, 0) is 42.8 Å². The zero-order valence-corrected chi connectivity index (χ0v) is 12.9. The number of halogens is 1. The lowest BCUT2D eigenvalue weighted by Crippen LogP contribution is -2.29. The summed E-state index contributed by atoms with van der Waals surface area (Å²) in [5.74, 6) is -0.424. The van der Waals surface area contributed by atoms with Crippen LogP contribution in [0.1, 0.15) is 5.56 Å². The van der Waals surface area contributed by atoms with Gasteiger partial charge in [-0.25, -0.2) is 0 Å². The first kappa shape index (κ1) is 15.2. The molecule has 1 aliphatic heterocycles. The van der Waals surface area contributed by atoms with Crippen LogP contribution in [0.25, 0.3) is 0 Å². The summed E-state index contributed by atoms with van der Waals surface area (Å²) in [6.45, 7) is 1.93. The zero-order valence-electron chi connectivity index (χ0n) is 12.2. The van der Waals surface area contributed by atoms with E-state index in [1.54, 1.807) is 43.3 Å². The van der Waals surface area contributed by atoms with Crippen LogP contribution in [0.4, 0.5) is 11.4 Å². The van der Waals surface area contributed by atoms with Crippen molar-refractivity contribution >= 4 is 34.8 Å². The number of rotatable bonds is 2. The van der Waals surface area contributed by atoms with Crippen LogP contribution in [0, 0.1) is 6.92 Å². The van der Waals surface area contributed by atoms with Crippen LogP contribution in [0.3, 0.4) is 0 Å². The number of benzene rings is 2. The minimum atomic E-state index is -0.779. The smallest absolute Gasteiger partial charge is 0.314 e. The average Bonchev–Trinajstić information content (AvgIpc) is 2.97. The molecule has 0 bridgehead atoms. The molecule has 0 aliphatic carbocycles. The fourth-order valence-electron chi connectivity index (χ4n) is 2.11. The Morgan fingerprint density at radius 2 is 1.74 bits per heavy atom. The predicted molar refractivity (Wildman–Crippen MR) is 86.0 cm³/mol. The van der Waals surface area contributed by atoms with E-state index in [4.69, 9.17) is 21.1 Å². The summed E-state index contributed by atoms with van der Waals surface area (Å²) in [6, 6.07) is 9.88. The number of aryl methyl sites for hydroxylation is 1. The van der Waals surface area contributed by atoms with E-state index in [9.17, 15) is 9.59 Å². The Hall–Kier alpha value is -2.73. The van der Waals surface area contributed by atoms with Gasteiger partial charge in [-0.3, -0.25) is 9.59 Å². The van der Waals surface area contributed by atoms with Gasteiger partial charge in [-0.15, -0.1) is 0 Å². The van der Waals surface area contributed by atoms with Crippen LogP contribution in [-0.2, 0) is 9.59 Å². The third-order valence-electron chi connectivity index (χ3n) is 3.27. The SMILES string of the molecule is Cc1cc(Cl)ccc1NC(=O)C(=O)Nc1ccc2c(c1)OCO2. The maximum atomic E-state index is 12.0. The third-order valence-corrected chi connectivity index (χ3v) is 3.51. The molecular weight excluding hydrogens is 320 g/mol. The molecule has 0 saturated heterocycles. The molecule has 2 aromatic rings. The Balaban J connectivity index is 1.67. The first-order valence-corrected chi connectivity index (χ1v) is 7.19. The number of carbonyl (C=O) groups excluding carboxylic acids is 2. The molecule has 7 heteroatoms. The van der Waals surface area contributed by atoms with Crippen molar-refractivity contribution in [3.8, 4) is 11.5 Å². The Morgan fingerprint density at radius 3 is 2.52 bits per heavy atom. The van der Waals surface area contributed by atoms with E-state index in [-0.39, 0.29) is 6.79 Å². The highest BCUT2D eigenvalue weighted by molar-refractivity contribution is 6.43. The highest BCUT2D eigenvalue weighted by Crippen LogP contribution is 2.34. The number of fused-ring (bicyclic) bond motifs is 1. The molecule has 118 valence electrons. The fraction of sp³-hybridized carbons (Fsp3) is 0.125. The van der Waals surface area contributed by atoms with E-state index in [1.165, 1.54) is 0 Å². The number of hydrogen-bond acceptors (Lipinski definition) is 4. The van der Waals surface area contributed by atoms with Gasteiger partial charge >= 0.3 is 11.8 Å². The summed E-state index contributed by atoms with van der Waals surface area (Å²) in [5.41, 5.74) is 1.74. The molecule has 0 atom stereocenters. The van der Waals surface area contributed by atoms with Gasteiger partial charge in [0.2, 0.25) is 6.79 Å². The van der Waals surface area contributed by atoms with E-state index < -0.39 is 11.8 Å². The summed E-state index contributed by atoms with van der Waals surface area (Å²) in [5, 5.41) is 5.61. The minimum Gasteiger partial charge on any atom is -0.454 e. The molecule has 0 aromatic heterocycles. The second-order valence-electron chi connectivity index (χ2n) is 4.94. The van der Waals surface area contributed by atoms with Gasteiger partial charge in [0.15, 0.2) is 11.5 Å². The van der Waals surface area contributed by atoms with Crippen LogP contribution < -0.4 is 20.1 Å².